The third-order valence-electron chi connectivity index (χ3n) is 11.2. The van der Waals surface area contributed by atoms with E-state index in [0.29, 0.717) is 79.0 Å². The number of ether oxygens (including phenoxy) is 4. The maximum atomic E-state index is 10.3. The molecule has 0 bridgehead atoms. The largest absolute Gasteiger partial charge is 1.00 e. The molecule has 0 amide bonds. The third-order valence-corrected chi connectivity index (χ3v) is 12.5. The third kappa shape index (κ3) is 54.7. The molecule has 4 N–H and O–H groups in total. The zero-order valence-electron chi connectivity index (χ0n) is 64.5. The van der Waals surface area contributed by atoms with Gasteiger partial charge in [0.2, 0.25) is 0 Å². The predicted molar refractivity (Wildman–Crippen MR) is 392 cm³/mol. The molecule has 0 unspecified atom stereocenters. The number of phenolic OH excluding ortho intramolecular Hbond substituents is 1. The average Bonchev–Trinajstić information content (AvgIpc) is 1.20. The quantitative estimate of drug-likeness (QED) is 0.0444. The molecule has 8 aromatic carbocycles. The molecule has 0 spiro atoms. The summed E-state index contributed by atoms with van der Waals surface area (Å²) in [7, 11) is 7.55. The minimum atomic E-state index is -0.609. The molecule has 560 valence electrons. The molecule has 10 aromatic rings. The van der Waals surface area contributed by atoms with Crippen molar-refractivity contribution in [3.8, 4) is 107 Å². The van der Waals surface area contributed by atoms with Gasteiger partial charge < -0.3 is 62.5 Å². The summed E-state index contributed by atoms with van der Waals surface area (Å²) < 4.78 is 20.2. The topological polar surface area (TPSA) is 588 Å². The van der Waals surface area contributed by atoms with E-state index in [1.807, 2.05) is 131 Å². The fraction of sp³-hybridized carbons (Fsp3) is 0.0789. The molecule has 0 atom stereocenters. The van der Waals surface area contributed by atoms with Gasteiger partial charge in [0.1, 0.15) is 107 Å². The molecule has 38 heteroatoms. The van der Waals surface area contributed by atoms with Crippen LogP contribution in [0, 0.1) is 156 Å². The monoisotopic (exact) mass is 1680 g/mol. The second-order valence-electron chi connectivity index (χ2n) is 17.5. The summed E-state index contributed by atoms with van der Waals surface area (Å²) >= 11 is 3.43. The predicted octanol–water partition coefficient (Wildman–Crippen LogP) is -0.961. The van der Waals surface area contributed by atoms with E-state index in [1.165, 1.54) is 45.6 Å². The number of thiophene rings is 2. The first-order chi connectivity index (χ1) is 53.4. The van der Waals surface area contributed by atoms with Gasteiger partial charge in [0, 0.05) is 45.6 Å². The normalized spacial score (nSPS) is 7.64. The van der Waals surface area contributed by atoms with E-state index in [2.05, 4.69) is 9.78 Å². The molecular formula is C76H62K4N14O18S2. The van der Waals surface area contributed by atoms with Crippen LogP contribution < -0.4 is 235 Å². The van der Waals surface area contributed by atoms with Gasteiger partial charge in [-0.2, -0.15) is 85.8 Å². The van der Waals surface area contributed by atoms with Crippen LogP contribution in [-0.4, -0.2) is 85.9 Å². The Labute approximate surface area is 837 Å². The summed E-state index contributed by atoms with van der Waals surface area (Å²) in [6.45, 7) is -0.361. The number of aromatic hydroxyl groups is 1. The van der Waals surface area contributed by atoms with Gasteiger partial charge in [-0.05, 0) is 131 Å². The molecule has 32 nitrogen and oxygen atoms in total. The van der Waals surface area contributed by atoms with Gasteiger partial charge in [-0.1, -0.05) is 60.7 Å². The average molecular weight is 1680 g/mol. The molecule has 0 aliphatic rings. The molecule has 0 fully saturated rings. The standard InChI is InChI=1S/C14H8N2O.3C9H6N2O.2C8H3N3O2.C6H6O.2C4H4S.2CH2O3.3CH4O.4K.2H/c15-9-11-6-7-14(8-12(11)10-16)17-13-4-2-1-3-5-13;3*1-12-9-3-2-7(5-10)8(4-9)6-11;2*9-4-6-1-2-8(11(12)13)3-7(6)5-10;7-6-4-2-1-3-5-6;2*1-2-4-5-3-1;2*2-1-4-3;3*1-2;;;;;;/h1-8H;3*2-4H,1H3;2*1-3H;1-5,7H;2*1-4H;2*1,3H;3*2H,1H3;;;;;;/q;;;;;;;;;;;;;;4*+1;2*-1/p-2. The minimum absolute atomic E-state index is 0. The van der Waals surface area contributed by atoms with Crippen LogP contribution in [-0.2, 0) is 19.4 Å². The van der Waals surface area contributed by atoms with E-state index in [-0.39, 0.29) is 255 Å². The van der Waals surface area contributed by atoms with Crippen molar-refractivity contribution in [2.75, 3.05) is 42.7 Å². The van der Waals surface area contributed by atoms with Crippen LogP contribution in [0.15, 0.2) is 216 Å². The molecule has 0 saturated heterocycles. The van der Waals surface area contributed by atoms with E-state index in [4.69, 9.17) is 123 Å². The van der Waals surface area contributed by atoms with E-state index in [0.717, 1.165) is 33.5 Å². The number of hydrogen-bond donors (Lipinski definition) is 4. The number of nitro benzene ring substituents is 2. The summed E-state index contributed by atoms with van der Waals surface area (Å²) in [4.78, 5) is 41.8. The van der Waals surface area contributed by atoms with Crippen LogP contribution in [0.3, 0.4) is 0 Å². The van der Waals surface area contributed by atoms with Crippen LogP contribution in [0.4, 0.5) is 11.4 Å². The van der Waals surface area contributed by atoms with Crippen LogP contribution in [0.2, 0.25) is 0 Å². The Morgan fingerprint density at radius 3 is 0.719 bits per heavy atom. The number of carbonyl (C=O) groups is 2. The Morgan fingerprint density at radius 1 is 0.325 bits per heavy atom. The van der Waals surface area contributed by atoms with E-state index < -0.39 is 9.85 Å². The number of nitro groups is 2. The van der Waals surface area contributed by atoms with Gasteiger partial charge in [-0.3, -0.25) is 29.8 Å². The molecule has 0 saturated carbocycles. The molecule has 0 aliphatic heterocycles. The van der Waals surface area contributed by atoms with Crippen molar-refractivity contribution in [1.82, 2.24) is 0 Å². The minimum Gasteiger partial charge on any atom is -1.00 e. The van der Waals surface area contributed by atoms with Crippen molar-refractivity contribution in [1.29, 1.82) is 63.1 Å². The van der Waals surface area contributed by atoms with Gasteiger partial charge in [-0.25, -0.2) is 0 Å². The number of rotatable bonds is 9. The number of non-ortho nitro benzene ring substituents is 2. The maximum Gasteiger partial charge on any atom is 1.00 e. The zero-order valence-corrected chi connectivity index (χ0v) is 76.6. The van der Waals surface area contributed by atoms with E-state index in [9.17, 15) is 20.2 Å². The number of para-hydroxylation sites is 2. The van der Waals surface area contributed by atoms with Crippen LogP contribution in [0.25, 0.3) is 0 Å². The van der Waals surface area contributed by atoms with E-state index in [1.54, 1.807) is 144 Å². The summed E-state index contributed by atoms with van der Waals surface area (Å²) in [5.74, 6) is 3.33. The molecular weight excluding hydrogens is 1620 g/mol. The van der Waals surface area contributed by atoms with Crippen molar-refractivity contribution in [2.24, 2.45) is 0 Å². The SMILES string of the molecule is CO.CO.CO.COc1ccc(C#N)c(C#N)c1.COc1ccc(C#N)c(C#N)c1.COc1ccc(C#N)c(C#N)c1.N#Cc1ccc(Oc2ccccc2)cc1C#N.N#Cc1ccc([N+](=O)[O-])cc1C#N.N#Cc1ccc([N+](=O)[O-])cc1C#N.O=CO[O-].O=CO[O-].Oc1ccccc1.[H-].[H-].[K+].[K+].[K+].[K+].c1ccsc1.c1ccsc1. The number of aliphatic hydroxyl groups is 3. The van der Waals surface area contributed by atoms with Gasteiger partial charge in [-0.15, -0.1) is 0 Å². The number of methoxy groups -OCH3 is 3. The Bertz CT molecular complexity index is 4610. The van der Waals surface area contributed by atoms with Crippen LogP contribution in [0.1, 0.15) is 69.6 Å². The smallest absolute Gasteiger partial charge is 1.00 e. The van der Waals surface area contributed by atoms with Crippen molar-refractivity contribution < 1.29 is 287 Å². The number of carbonyl (C=O) groups excluding carboxylic acids is 2. The number of phenols is 1. The summed E-state index contributed by atoms with van der Waals surface area (Å²) in [5, 5.41) is 179. The molecule has 0 radical (unpaired) electrons. The number of nitriles is 12. The molecule has 10 rings (SSSR count). The molecule has 114 heavy (non-hydrogen) atoms. The number of nitrogens with zero attached hydrogens (tertiary/aromatic N) is 14. The van der Waals surface area contributed by atoms with Crippen molar-refractivity contribution in [2.45, 2.75) is 0 Å². The number of benzene rings is 8. The summed E-state index contributed by atoms with van der Waals surface area (Å²) in [6.07, 6.45) is 0. The molecule has 2 aromatic heterocycles. The zero-order chi connectivity index (χ0) is 83.7. The Kier molecular flexibility index (Phi) is 86.8. The van der Waals surface area contributed by atoms with Crippen molar-refractivity contribution >= 4 is 47.0 Å². The van der Waals surface area contributed by atoms with Crippen molar-refractivity contribution in [3.05, 3.63) is 303 Å². The van der Waals surface area contributed by atoms with Gasteiger partial charge in [0.05, 0.1) is 97.9 Å². The second kappa shape index (κ2) is 82.6. The molecule has 0 aliphatic carbocycles. The fourth-order valence-electron chi connectivity index (χ4n) is 6.48. The number of hydrogen-bond acceptors (Lipinski definition) is 32. The van der Waals surface area contributed by atoms with Gasteiger partial charge >= 0.3 is 206 Å². The summed E-state index contributed by atoms with van der Waals surface area (Å²) in [5.41, 5.74) is 2.80. The second-order valence-corrected chi connectivity index (χ2v) is 19.1. The van der Waals surface area contributed by atoms with Crippen LogP contribution in [0.5, 0.6) is 34.5 Å². The van der Waals surface area contributed by atoms with Gasteiger partial charge in [0.15, 0.2) is 0 Å². The maximum absolute atomic E-state index is 10.3. The Hall–Kier alpha value is -9.87. The van der Waals surface area contributed by atoms with E-state index >= 15 is 0 Å². The van der Waals surface area contributed by atoms with Crippen molar-refractivity contribution in [3.63, 3.8) is 0 Å². The van der Waals surface area contributed by atoms with Gasteiger partial charge in [0.25, 0.3) is 24.3 Å². The van der Waals surface area contributed by atoms with Crippen LogP contribution >= 0.6 is 22.7 Å². The summed E-state index contributed by atoms with van der Waals surface area (Å²) in [6, 6.07) is 74.6. The Morgan fingerprint density at radius 2 is 0.535 bits per heavy atom. The first-order valence-corrected chi connectivity index (χ1v) is 31.0. The number of aliphatic hydroxyl groups excluding tert-OH is 3. The first-order valence-electron chi connectivity index (χ1n) is 29.1. The Balaban J connectivity index is -0.000000134. The fourth-order valence-corrected chi connectivity index (χ4v) is 7.38. The molecule has 2 heterocycles. The first kappa shape index (κ1) is 120.